The van der Waals surface area contributed by atoms with Crippen LogP contribution in [0.3, 0.4) is 0 Å². The molecule has 0 atom stereocenters. The minimum Gasteiger partial charge on any atom is -0.313 e. The number of aromatic nitrogens is 1. The highest BCUT2D eigenvalue weighted by Gasteiger charge is 2.34. The van der Waals surface area contributed by atoms with Crippen molar-refractivity contribution in [2.45, 2.75) is 26.1 Å². The van der Waals surface area contributed by atoms with Crippen LogP contribution in [-0.2, 0) is 12.7 Å². The van der Waals surface area contributed by atoms with Crippen molar-refractivity contribution < 1.29 is 17.6 Å². The SMILES string of the molecule is CCCNCc1ccc(-c2cnc(C(F)(F)F)s2)c(F)c1. The van der Waals surface area contributed by atoms with E-state index in [0.29, 0.717) is 17.9 Å². The van der Waals surface area contributed by atoms with Gasteiger partial charge in [-0.25, -0.2) is 9.37 Å². The first-order chi connectivity index (χ1) is 9.91. The Morgan fingerprint density at radius 3 is 2.62 bits per heavy atom. The first-order valence-electron chi connectivity index (χ1n) is 6.44. The van der Waals surface area contributed by atoms with Crippen molar-refractivity contribution in [3.8, 4) is 10.4 Å². The van der Waals surface area contributed by atoms with Gasteiger partial charge in [-0.3, -0.25) is 0 Å². The van der Waals surface area contributed by atoms with E-state index in [1.165, 1.54) is 12.1 Å². The fourth-order valence-corrected chi connectivity index (χ4v) is 2.62. The van der Waals surface area contributed by atoms with E-state index in [1.807, 2.05) is 6.92 Å². The summed E-state index contributed by atoms with van der Waals surface area (Å²) in [6, 6.07) is 4.53. The second-order valence-corrected chi connectivity index (χ2v) is 5.55. The number of benzene rings is 1. The van der Waals surface area contributed by atoms with Gasteiger partial charge in [-0.15, -0.1) is 11.3 Å². The highest BCUT2D eigenvalue weighted by Crippen LogP contribution is 2.37. The minimum absolute atomic E-state index is 0.141. The third-order valence-corrected chi connectivity index (χ3v) is 3.88. The van der Waals surface area contributed by atoms with E-state index in [4.69, 9.17) is 0 Å². The Labute approximate surface area is 123 Å². The van der Waals surface area contributed by atoms with Crippen molar-refractivity contribution in [2.75, 3.05) is 6.54 Å². The van der Waals surface area contributed by atoms with Gasteiger partial charge in [-0.1, -0.05) is 19.1 Å². The topological polar surface area (TPSA) is 24.9 Å². The average molecular weight is 318 g/mol. The van der Waals surface area contributed by atoms with E-state index in [0.717, 1.165) is 24.7 Å². The Bertz CT molecular complexity index is 607. The second-order valence-electron chi connectivity index (χ2n) is 4.52. The van der Waals surface area contributed by atoms with E-state index in [1.54, 1.807) is 6.07 Å². The third-order valence-electron chi connectivity index (χ3n) is 2.80. The fraction of sp³-hybridized carbons (Fsp3) is 0.357. The summed E-state index contributed by atoms with van der Waals surface area (Å²) in [7, 11) is 0. The Balaban J connectivity index is 2.19. The predicted molar refractivity (Wildman–Crippen MR) is 74.5 cm³/mol. The summed E-state index contributed by atoms with van der Waals surface area (Å²) in [5, 5.41) is 2.17. The zero-order chi connectivity index (χ0) is 15.5. The quantitative estimate of drug-likeness (QED) is 0.650. The fourth-order valence-electron chi connectivity index (χ4n) is 1.81. The molecule has 114 valence electrons. The Morgan fingerprint density at radius 1 is 1.29 bits per heavy atom. The van der Waals surface area contributed by atoms with Gasteiger partial charge in [0.25, 0.3) is 0 Å². The van der Waals surface area contributed by atoms with Crippen LogP contribution in [0.25, 0.3) is 10.4 Å². The van der Waals surface area contributed by atoms with Crippen molar-refractivity contribution in [1.29, 1.82) is 0 Å². The normalized spacial score (nSPS) is 11.9. The van der Waals surface area contributed by atoms with Crippen LogP contribution in [0.2, 0.25) is 0 Å². The van der Waals surface area contributed by atoms with Crippen LogP contribution >= 0.6 is 11.3 Å². The smallest absolute Gasteiger partial charge is 0.313 e. The van der Waals surface area contributed by atoms with Crippen molar-refractivity contribution in [1.82, 2.24) is 10.3 Å². The van der Waals surface area contributed by atoms with Crippen LogP contribution in [-0.4, -0.2) is 11.5 Å². The van der Waals surface area contributed by atoms with Gasteiger partial charge in [-0.05, 0) is 24.6 Å². The molecule has 1 aromatic carbocycles. The van der Waals surface area contributed by atoms with E-state index >= 15 is 0 Å². The Morgan fingerprint density at radius 2 is 2.05 bits per heavy atom. The highest BCUT2D eigenvalue weighted by atomic mass is 32.1. The summed E-state index contributed by atoms with van der Waals surface area (Å²) in [5.41, 5.74) is 0.896. The molecule has 0 radical (unpaired) electrons. The van der Waals surface area contributed by atoms with Crippen LogP contribution in [0.1, 0.15) is 23.9 Å². The number of rotatable bonds is 5. The Hall–Kier alpha value is -1.47. The molecule has 0 aliphatic carbocycles. The first-order valence-corrected chi connectivity index (χ1v) is 7.26. The van der Waals surface area contributed by atoms with Gasteiger partial charge in [0.15, 0.2) is 5.01 Å². The Kier molecular flexibility index (Phi) is 4.95. The van der Waals surface area contributed by atoms with Gasteiger partial charge in [0.05, 0.1) is 4.88 Å². The van der Waals surface area contributed by atoms with Crippen LogP contribution in [0.4, 0.5) is 17.6 Å². The standard InChI is InChI=1S/C14H14F4N2S/c1-2-5-19-7-9-3-4-10(11(15)6-9)12-8-20-13(21-12)14(16,17)18/h3-4,6,8,19H,2,5,7H2,1H3. The molecule has 0 aliphatic rings. The lowest BCUT2D eigenvalue weighted by Gasteiger charge is -2.06. The van der Waals surface area contributed by atoms with E-state index in [9.17, 15) is 17.6 Å². The molecule has 7 heteroatoms. The predicted octanol–water partition coefficient (Wildman–Crippen LogP) is 4.47. The molecule has 1 N–H and O–H groups in total. The minimum atomic E-state index is -4.50. The third kappa shape index (κ3) is 4.01. The molecule has 0 saturated heterocycles. The lowest BCUT2D eigenvalue weighted by atomic mass is 10.1. The monoisotopic (exact) mass is 318 g/mol. The number of halogens is 4. The summed E-state index contributed by atoms with van der Waals surface area (Å²) in [4.78, 5) is 3.48. The lowest BCUT2D eigenvalue weighted by Crippen LogP contribution is -2.13. The summed E-state index contributed by atoms with van der Waals surface area (Å²) >= 11 is 0.443. The molecule has 2 nitrogen and oxygen atoms in total. The number of hydrogen-bond acceptors (Lipinski definition) is 3. The van der Waals surface area contributed by atoms with Crippen molar-refractivity contribution in [3.05, 3.63) is 40.8 Å². The van der Waals surface area contributed by atoms with Crippen molar-refractivity contribution >= 4 is 11.3 Å². The summed E-state index contributed by atoms with van der Waals surface area (Å²) in [6.45, 7) is 3.38. The molecule has 0 amide bonds. The molecule has 21 heavy (non-hydrogen) atoms. The number of alkyl halides is 3. The molecular formula is C14H14F4N2S. The number of hydrogen-bond donors (Lipinski definition) is 1. The van der Waals surface area contributed by atoms with Gasteiger partial charge in [0, 0.05) is 18.3 Å². The molecule has 2 aromatic rings. The summed E-state index contributed by atoms with van der Waals surface area (Å²) in [6.07, 6.45) is -2.47. The van der Waals surface area contributed by atoms with E-state index in [2.05, 4.69) is 10.3 Å². The average Bonchev–Trinajstić information content (AvgIpc) is 2.88. The largest absolute Gasteiger partial charge is 0.443 e. The van der Waals surface area contributed by atoms with Crippen molar-refractivity contribution in [2.24, 2.45) is 0 Å². The summed E-state index contributed by atoms with van der Waals surface area (Å²) in [5.74, 6) is -0.539. The molecule has 0 bridgehead atoms. The van der Waals surface area contributed by atoms with Gasteiger partial charge in [-0.2, -0.15) is 13.2 Å². The number of nitrogens with zero attached hydrogens (tertiary/aromatic N) is 1. The molecule has 0 fully saturated rings. The molecule has 0 aliphatic heterocycles. The maximum absolute atomic E-state index is 14.0. The maximum atomic E-state index is 14.0. The van der Waals surface area contributed by atoms with E-state index < -0.39 is 17.0 Å². The number of nitrogens with one attached hydrogen (secondary N) is 1. The molecule has 1 aromatic heterocycles. The zero-order valence-corrected chi connectivity index (χ0v) is 12.1. The highest BCUT2D eigenvalue weighted by molar-refractivity contribution is 7.15. The lowest BCUT2D eigenvalue weighted by molar-refractivity contribution is -0.137. The van der Waals surface area contributed by atoms with Gasteiger partial charge < -0.3 is 5.32 Å². The van der Waals surface area contributed by atoms with E-state index in [-0.39, 0.29) is 10.4 Å². The molecule has 0 spiro atoms. The molecule has 0 unspecified atom stereocenters. The zero-order valence-electron chi connectivity index (χ0n) is 11.3. The van der Waals surface area contributed by atoms with Gasteiger partial charge in [0.2, 0.25) is 0 Å². The molecular weight excluding hydrogens is 304 g/mol. The number of thiazole rings is 1. The second kappa shape index (κ2) is 6.53. The van der Waals surface area contributed by atoms with Gasteiger partial charge in [0.1, 0.15) is 5.82 Å². The first kappa shape index (κ1) is 15.9. The maximum Gasteiger partial charge on any atom is 0.443 e. The van der Waals surface area contributed by atoms with Gasteiger partial charge >= 0.3 is 6.18 Å². The molecule has 2 rings (SSSR count). The van der Waals surface area contributed by atoms with Crippen LogP contribution in [0.15, 0.2) is 24.4 Å². The van der Waals surface area contributed by atoms with Crippen LogP contribution < -0.4 is 5.32 Å². The van der Waals surface area contributed by atoms with Crippen molar-refractivity contribution in [3.63, 3.8) is 0 Å². The molecule has 0 saturated carbocycles. The molecule has 1 heterocycles. The van der Waals surface area contributed by atoms with Crippen LogP contribution in [0.5, 0.6) is 0 Å². The summed E-state index contributed by atoms with van der Waals surface area (Å²) < 4.78 is 51.5. The van der Waals surface area contributed by atoms with Crippen LogP contribution in [0, 0.1) is 5.82 Å².